The number of carbonyl (C=O) groups excluding carboxylic acids is 2. The number of methoxy groups -OCH3 is 1. The molecule has 3 aliphatic rings. The molecule has 0 unspecified atom stereocenters. The molecule has 0 spiro atoms. The topological polar surface area (TPSA) is 113 Å². The lowest BCUT2D eigenvalue weighted by Crippen LogP contribution is -2.53. The van der Waals surface area contributed by atoms with Crippen LogP contribution in [0.2, 0.25) is 0 Å². The molecule has 1 aromatic carbocycles. The van der Waals surface area contributed by atoms with E-state index in [-0.39, 0.29) is 28.2 Å². The molecule has 1 heterocycles. The molecule has 0 radical (unpaired) electrons. The van der Waals surface area contributed by atoms with E-state index < -0.39 is 40.2 Å². The van der Waals surface area contributed by atoms with E-state index >= 15 is 0 Å². The minimum atomic E-state index is -2.03. The van der Waals surface area contributed by atoms with Crippen LogP contribution in [0.15, 0.2) is 17.4 Å². The molecule has 1 aliphatic heterocycles. The fourth-order valence-electron chi connectivity index (χ4n) is 4.25. The summed E-state index contributed by atoms with van der Waals surface area (Å²) in [6.07, 6.45) is 0.801. The van der Waals surface area contributed by atoms with E-state index in [4.69, 9.17) is 9.47 Å². The Kier molecular flexibility index (Phi) is 3.21. The third-order valence-electron chi connectivity index (χ3n) is 6.20. The van der Waals surface area contributed by atoms with Crippen molar-refractivity contribution in [3.63, 3.8) is 0 Å². The van der Waals surface area contributed by atoms with Gasteiger partial charge in [0.2, 0.25) is 11.5 Å². The van der Waals surface area contributed by atoms with Crippen LogP contribution >= 0.6 is 0 Å². The second-order valence-electron chi connectivity index (χ2n) is 7.77. The SMILES string of the molecule is COc1c(O)c2c3c(c1O)C(=O)[C@]1(O)C(=C3C(C)=CC2=O)O[C@H](C)C1(C)C. The number of Topliss-reactive ketones (excluding diaryl/α,β-unsaturated/α-hetero) is 1. The first-order valence-corrected chi connectivity index (χ1v) is 8.57. The van der Waals surface area contributed by atoms with Crippen LogP contribution in [0.25, 0.3) is 5.57 Å². The van der Waals surface area contributed by atoms with Crippen molar-refractivity contribution in [2.75, 3.05) is 7.11 Å². The van der Waals surface area contributed by atoms with Crippen molar-refractivity contribution in [2.45, 2.75) is 39.4 Å². The Hall–Kier alpha value is -2.80. The van der Waals surface area contributed by atoms with Crippen molar-refractivity contribution in [3.8, 4) is 17.2 Å². The quantitative estimate of drug-likeness (QED) is 0.693. The molecular weight excluding hydrogens is 352 g/mol. The largest absolute Gasteiger partial charge is 0.504 e. The number of ether oxygens (including phenoxy) is 2. The molecule has 0 bridgehead atoms. The summed E-state index contributed by atoms with van der Waals surface area (Å²) in [5.74, 6) is -2.80. The third kappa shape index (κ3) is 1.71. The van der Waals surface area contributed by atoms with Crippen molar-refractivity contribution in [1.82, 2.24) is 0 Å². The van der Waals surface area contributed by atoms with Gasteiger partial charge in [0, 0.05) is 16.6 Å². The van der Waals surface area contributed by atoms with Crippen molar-refractivity contribution < 1.29 is 34.4 Å². The number of ketones is 2. The van der Waals surface area contributed by atoms with Crippen molar-refractivity contribution in [1.29, 1.82) is 0 Å². The summed E-state index contributed by atoms with van der Waals surface area (Å²) in [6, 6.07) is 0. The highest BCUT2D eigenvalue weighted by molar-refractivity contribution is 6.24. The highest BCUT2D eigenvalue weighted by Gasteiger charge is 2.66. The predicted molar refractivity (Wildman–Crippen MR) is 94.9 cm³/mol. The van der Waals surface area contributed by atoms with Gasteiger partial charge in [0.05, 0.1) is 18.2 Å². The number of phenolic OH excluding ortho intramolecular Hbond substituents is 2. The Morgan fingerprint density at radius 1 is 1.11 bits per heavy atom. The smallest absolute Gasteiger partial charge is 0.207 e. The first-order valence-electron chi connectivity index (χ1n) is 8.57. The molecule has 1 fully saturated rings. The first kappa shape index (κ1) is 17.6. The highest BCUT2D eigenvalue weighted by atomic mass is 16.5. The van der Waals surface area contributed by atoms with Gasteiger partial charge in [-0.05, 0) is 25.5 Å². The number of hydrogen-bond donors (Lipinski definition) is 3. The summed E-state index contributed by atoms with van der Waals surface area (Å²) in [5, 5.41) is 32.7. The molecule has 7 nitrogen and oxygen atoms in total. The molecule has 2 atom stereocenters. The minimum absolute atomic E-state index is 0.0453. The van der Waals surface area contributed by atoms with Crippen LogP contribution in [0.5, 0.6) is 17.2 Å². The highest BCUT2D eigenvalue weighted by Crippen LogP contribution is 2.60. The Balaban J connectivity index is 2.25. The van der Waals surface area contributed by atoms with Gasteiger partial charge < -0.3 is 24.8 Å². The molecule has 0 amide bonds. The van der Waals surface area contributed by atoms with Crippen LogP contribution in [0, 0.1) is 5.41 Å². The van der Waals surface area contributed by atoms with Crippen LogP contribution in [-0.2, 0) is 4.74 Å². The molecule has 0 aromatic heterocycles. The van der Waals surface area contributed by atoms with Crippen LogP contribution in [0.4, 0.5) is 0 Å². The molecule has 1 saturated heterocycles. The average molecular weight is 372 g/mol. The van der Waals surface area contributed by atoms with E-state index in [0.717, 1.165) is 0 Å². The second kappa shape index (κ2) is 4.92. The molecule has 142 valence electrons. The lowest BCUT2D eigenvalue weighted by molar-refractivity contribution is -0.00670. The van der Waals surface area contributed by atoms with E-state index in [1.807, 2.05) is 0 Å². The molecule has 3 N–H and O–H groups in total. The lowest BCUT2D eigenvalue weighted by atomic mass is 9.63. The van der Waals surface area contributed by atoms with Gasteiger partial charge >= 0.3 is 0 Å². The van der Waals surface area contributed by atoms with E-state index in [0.29, 0.717) is 11.1 Å². The number of allylic oxidation sites excluding steroid dienone is 3. The summed E-state index contributed by atoms with van der Waals surface area (Å²) in [6.45, 7) is 6.81. The van der Waals surface area contributed by atoms with Crippen LogP contribution in [0.3, 0.4) is 0 Å². The average Bonchev–Trinajstić information content (AvgIpc) is 2.75. The molecule has 2 aliphatic carbocycles. The van der Waals surface area contributed by atoms with E-state index in [2.05, 4.69) is 0 Å². The number of benzene rings is 1. The Bertz CT molecular complexity index is 1010. The van der Waals surface area contributed by atoms with Gasteiger partial charge in [0.15, 0.2) is 22.9 Å². The number of aromatic hydroxyl groups is 2. The maximum absolute atomic E-state index is 13.4. The lowest BCUT2D eigenvalue weighted by Gasteiger charge is -2.39. The van der Waals surface area contributed by atoms with Crippen LogP contribution in [-0.4, -0.2) is 45.7 Å². The maximum Gasteiger partial charge on any atom is 0.207 e. The third-order valence-corrected chi connectivity index (χ3v) is 6.20. The van der Waals surface area contributed by atoms with Gasteiger partial charge in [-0.2, -0.15) is 0 Å². The van der Waals surface area contributed by atoms with Crippen molar-refractivity contribution >= 4 is 17.1 Å². The minimum Gasteiger partial charge on any atom is -0.504 e. The number of rotatable bonds is 1. The number of aliphatic hydroxyl groups is 1. The Morgan fingerprint density at radius 3 is 2.30 bits per heavy atom. The predicted octanol–water partition coefficient (Wildman–Crippen LogP) is 2.33. The summed E-state index contributed by atoms with van der Waals surface area (Å²) < 4.78 is 10.9. The number of carbonyl (C=O) groups is 2. The van der Waals surface area contributed by atoms with Gasteiger partial charge in [0.1, 0.15) is 11.9 Å². The zero-order chi connectivity index (χ0) is 20.0. The van der Waals surface area contributed by atoms with E-state index in [1.165, 1.54) is 13.2 Å². The number of fused-ring (bicyclic) bond motifs is 1. The van der Waals surface area contributed by atoms with Gasteiger partial charge in [0.25, 0.3) is 0 Å². The molecule has 1 aromatic rings. The van der Waals surface area contributed by atoms with Crippen LogP contribution in [0.1, 0.15) is 54.0 Å². The summed E-state index contributed by atoms with van der Waals surface area (Å²) in [5.41, 5.74) is -2.53. The molecule has 4 rings (SSSR count). The van der Waals surface area contributed by atoms with Crippen molar-refractivity contribution in [3.05, 3.63) is 34.1 Å². The zero-order valence-corrected chi connectivity index (χ0v) is 15.6. The van der Waals surface area contributed by atoms with E-state index in [9.17, 15) is 24.9 Å². The number of hydrogen-bond acceptors (Lipinski definition) is 7. The van der Waals surface area contributed by atoms with Crippen LogP contribution < -0.4 is 4.74 Å². The van der Waals surface area contributed by atoms with Crippen molar-refractivity contribution in [2.24, 2.45) is 5.41 Å². The Labute approximate surface area is 155 Å². The normalized spacial score (nSPS) is 27.8. The maximum atomic E-state index is 13.4. The summed E-state index contributed by atoms with van der Waals surface area (Å²) in [7, 11) is 1.21. The summed E-state index contributed by atoms with van der Waals surface area (Å²) >= 11 is 0. The van der Waals surface area contributed by atoms with Gasteiger partial charge in [-0.1, -0.05) is 13.8 Å². The molecule has 27 heavy (non-hydrogen) atoms. The fourth-order valence-corrected chi connectivity index (χ4v) is 4.25. The monoisotopic (exact) mass is 372 g/mol. The Morgan fingerprint density at radius 2 is 1.70 bits per heavy atom. The molecular formula is C20H20O7. The standard InChI is InChI=1S/C20H20O7/c1-7-6-9(21)11-12-10(7)18-20(25,19(3,4)8(2)27-18)17(24)13(12)15(23)16(26-5)14(11)22/h6,8,22-23,25H,1-5H3/t8-,20+/m1/s1. The number of phenols is 2. The molecule has 0 saturated carbocycles. The second-order valence-corrected chi connectivity index (χ2v) is 7.77. The van der Waals surface area contributed by atoms with Gasteiger partial charge in [-0.3, -0.25) is 9.59 Å². The first-order chi connectivity index (χ1) is 12.5. The zero-order valence-electron chi connectivity index (χ0n) is 15.6. The molecule has 7 heteroatoms. The van der Waals surface area contributed by atoms with Gasteiger partial charge in [-0.15, -0.1) is 0 Å². The fraction of sp³-hybridized carbons (Fsp3) is 0.400. The van der Waals surface area contributed by atoms with Gasteiger partial charge in [-0.25, -0.2) is 0 Å². The van der Waals surface area contributed by atoms with E-state index in [1.54, 1.807) is 27.7 Å². The summed E-state index contributed by atoms with van der Waals surface area (Å²) in [4.78, 5) is 26.0.